The van der Waals surface area contributed by atoms with Crippen LogP contribution in [0.15, 0.2) is 72.8 Å². The topological polar surface area (TPSA) is 102 Å². The predicted molar refractivity (Wildman–Crippen MR) is 129 cm³/mol. The molecule has 7 nitrogen and oxygen atoms in total. The Hall–Kier alpha value is -4.26. The summed E-state index contributed by atoms with van der Waals surface area (Å²) in [6.07, 6.45) is 0.647. The van der Waals surface area contributed by atoms with Crippen LogP contribution in [0.25, 0.3) is 0 Å². The van der Waals surface area contributed by atoms with E-state index in [-0.39, 0.29) is 23.2 Å². The minimum absolute atomic E-state index is 0.0927. The molecule has 0 heterocycles. The Morgan fingerprint density at radius 3 is 2.29 bits per heavy atom. The molecular formula is C27H26N2O5. The maximum Gasteiger partial charge on any atom is 0.340 e. The number of hydrogen-bond donors (Lipinski definition) is 2. The summed E-state index contributed by atoms with van der Waals surface area (Å²) in [5.41, 5.74) is 3.26. The van der Waals surface area contributed by atoms with Gasteiger partial charge in [0, 0.05) is 24.6 Å². The number of carbonyl (C=O) groups excluding carboxylic acids is 4. The first-order chi connectivity index (χ1) is 16.3. The molecule has 0 radical (unpaired) electrons. The molecule has 0 saturated carbocycles. The summed E-state index contributed by atoms with van der Waals surface area (Å²) in [5, 5.41) is 5.45. The number of anilines is 1. The standard InChI is InChI=1S/C27H26N2O5/c1-18-6-5-7-22(16-18)26(32)29-24-9-4-3-8-23(24)27(33)34-17-25(31)21-12-10-20(11-13-21)14-15-28-19(2)30/h3-13,16H,14-15,17H2,1-2H3,(H,28,30)(H,29,32). The first kappa shape index (κ1) is 24.4. The van der Waals surface area contributed by atoms with Crippen molar-refractivity contribution in [2.75, 3.05) is 18.5 Å². The summed E-state index contributed by atoms with van der Waals surface area (Å²) < 4.78 is 5.23. The Balaban J connectivity index is 1.59. The van der Waals surface area contributed by atoms with Gasteiger partial charge in [0.25, 0.3) is 5.91 Å². The van der Waals surface area contributed by atoms with Crippen molar-refractivity contribution < 1.29 is 23.9 Å². The number of amides is 2. The van der Waals surface area contributed by atoms with Crippen LogP contribution in [-0.4, -0.2) is 36.7 Å². The molecular weight excluding hydrogens is 432 g/mol. The van der Waals surface area contributed by atoms with E-state index in [0.29, 0.717) is 29.8 Å². The van der Waals surface area contributed by atoms with E-state index in [1.54, 1.807) is 60.7 Å². The molecule has 0 aliphatic carbocycles. The zero-order chi connectivity index (χ0) is 24.5. The quantitative estimate of drug-likeness (QED) is 0.373. The second kappa shape index (κ2) is 11.6. The third kappa shape index (κ3) is 6.87. The largest absolute Gasteiger partial charge is 0.454 e. The van der Waals surface area contributed by atoms with E-state index in [0.717, 1.165) is 11.1 Å². The van der Waals surface area contributed by atoms with E-state index < -0.39 is 12.6 Å². The van der Waals surface area contributed by atoms with Crippen molar-refractivity contribution >= 4 is 29.3 Å². The number of ketones is 1. The lowest BCUT2D eigenvalue weighted by Gasteiger charge is -2.11. The number of Topliss-reactive ketones (excluding diaryl/α,β-unsaturated/α-hetero) is 1. The average molecular weight is 459 g/mol. The van der Waals surface area contributed by atoms with E-state index in [4.69, 9.17) is 4.74 Å². The number of ether oxygens (including phenoxy) is 1. The minimum Gasteiger partial charge on any atom is -0.454 e. The Morgan fingerprint density at radius 1 is 0.853 bits per heavy atom. The molecule has 174 valence electrons. The molecule has 3 aromatic rings. The van der Waals surface area contributed by atoms with E-state index in [2.05, 4.69) is 10.6 Å². The normalized spacial score (nSPS) is 10.3. The molecule has 2 amide bonds. The van der Waals surface area contributed by atoms with Gasteiger partial charge in [0.05, 0.1) is 11.3 Å². The fourth-order valence-corrected chi connectivity index (χ4v) is 3.28. The monoisotopic (exact) mass is 458 g/mol. The van der Waals surface area contributed by atoms with Crippen LogP contribution < -0.4 is 10.6 Å². The van der Waals surface area contributed by atoms with Crippen LogP contribution in [0.2, 0.25) is 0 Å². The van der Waals surface area contributed by atoms with Gasteiger partial charge in [-0.05, 0) is 43.2 Å². The van der Waals surface area contributed by atoms with Gasteiger partial charge in [-0.25, -0.2) is 4.79 Å². The van der Waals surface area contributed by atoms with Crippen LogP contribution >= 0.6 is 0 Å². The lowest BCUT2D eigenvalue weighted by molar-refractivity contribution is -0.118. The maximum atomic E-state index is 12.6. The van der Waals surface area contributed by atoms with E-state index >= 15 is 0 Å². The highest BCUT2D eigenvalue weighted by atomic mass is 16.5. The molecule has 0 unspecified atom stereocenters. The Kier molecular flexibility index (Phi) is 8.29. The van der Waals surface area contributed by atoms with Gasteiger partial charge in [-0.3, -0.25) is 14.4 Å². The summed E-state index contributed by atoms with van der Waals surface area (Å²) in [5.74, 6) is -1.49. The Bertz CT molecular complexity index is 1200. The van der Waals surface area contributed by atoms with Crippen LogP contribution in [0.1, 0.15) is 49.1 Å². The van der Waals surface area contributed by atoms with Gasteiger partial charge in [0.15, 0.2) is 12.4 Å². The molecule has 7 heteroatoms. The van der Waals surface area contributed by atoms with Crippen molar-refractivity contribution in [3.63, 3.8) is 0 Å². The van der Waals surface area contributed by atoms with Gasteiger partial charge in [0.1, 0.15) is 0 Å². The van der Waals surface area contributed by atoms with E-state index in [1.165, 1.54) is 13.0 Å². The molecule has 0 spiro atoms. The molecule has 0 aliphatic rings. The molecule has 0 saturated heterocycles. The zero-order valence-electron chi connectivity index (χ0n) is 19.1. The second-order valence-corrected chi connectivity index (χ2v) is 7.80. The van der Waals surface area contributed by atoms with Crippen molar-refractivity contribution in [3.05, 3.63) is 101 Å². The van der Waals surface area contributed by atoms with Crippen molar-refractivity contribution in [2.24, 2.45) is 0 Å². The molecule has 0 fully saturated rings. The zero-order valence-corrected chi connectivity index (χ0v) is 19.1. The number of rotatable bonds is 9. The summed E-state index contributed by atoms with van der Waals surface area (Å²) in [4.78, 5) is 48.6. The highest BCUT2D eigenvalue weighted by molar-refractivity contribution is 6.08. The van der Waals surface area contributed by atoms with Gasteiger partial charge >= 0.3 is 5.97 Å². The van der Waals surface area contributed by atoms with Gasteiger partial charge < -0.3 is 15.4 Å². The first-order valence-corrected chi connectivity index (χ1v) is 10.8. The van der Waals surface area contributed by atoms with Gasteiger partial charge in [0.2, 0.25) is 5.91 Å². The molecule has 3 aromatic carbocycles. The second-order valence-electron chi connectivity index (χ2n) is 7.80. The molecule has 0 atom stereocenters. The smallest absolute Gasteiger partial charge is 0.340 e. The van der Waals surface area contributed by atoms with Crippen LogP contribution in [-0.2, 0) is 16.0 Å². The lowest BCUT2D eigenvalue weighted by atomic mass is 10.1. The van der Waals surface area contributed by atoms with E-state index in [1.807, 2.05) is 13.0 Å². The van der Waals surface area contributed by atoms with Crippen LogP contribution in [0.5, 0.6) is 0 Å². The summed E-state index contributed by atoms with van der Waals surface area (Å²) >= 11 is 0. The molecule has 0 aromatic heterocycles. The SMILES string of the molecule is CC(=O)NCCc1ccc(C(=O)COC(=O)c2ccccc2NC(=O)c2cccc(C)c2)cc1. The number of benzene rings is 3. The predicted octanol–water partition coefficient (Wildman–Crippen LogP) is 3.97. The Labute approximate surface area is 198 Å². The number of aryl methyl sites for hydroxylation is 1. The van der Waals surface area contributed by atoms with Crippen LogP contribution in [0, 0.1) is 6.92 Å². The van der Waals surface area contributed by atoms with Gasteiger partial charge in [-0.1, -0.05) is 54.1 Å². The van der Waals surface area contributed by atoms with Crippen LogP contribution in [0.4, 0.5) is 5.69 Å². The number of nitrogens with one attached hydrogen (secondary N) is 2. The molecule has 0 bridgehead atoms. The first-order valence-electron chi connectivity index (χ1n) is 10.8. The van der Waals surface area contributed by atoms with Crippen molar-refractivity contribution in [2.45, 2.75) is 20.3 Å². The Morgan fingerprint density at radius 2 is 1.59 bits per heavy atom. The highest BCUT2D eigenvalue weighted by Crippen LogP contribution is 2.18. The van der Waals surface area contributed by atoms with Crippen molar-refractivity contribution in [3.8, 4) is 0 Å². The maximum absolute atomic E-state index is 12.6. The van der Waals surface area contributed by atoms with Crippen LogP contribution in [0.3, 0.4) is 0 Å². The fourth-order valence-electron chi connectivity index (χ4n) is 3.28. The third-order valence-electron chi connectivity index (χ3n) is 5.07. The summed E-state index contributed by atoms with van der Waals surface area (Å²) in [6, 6.07) is 20.5. The molecule has 0 aliphatic heterocycles. The number of hydrogen-bond acceptors (Lipinski definition) is 5. The molecule has 3 rings (SSSR count). The van der Waals surface area contributed by atoms with E-state index in [9.17, 15) is 19.2 Å². The number of esters is 1. The fraction of sp³-hybridized carbons (Fsp3) is 0.185. The third-order valence-corrected chi connectivity index (χ3v) is 5.07. The summed E-state index contributed by atoms with van der Waals surface area (Å²) in [7, 11) is 0. The van der Waals surface area contributed by atoms with Gasteiger partial charge in [-0.15, -0.1) is 0 Å². The number of para-hydroxylation sites is 1. The summed E-state index contributed by atoms with van der Waals surface area (Å²) in [6.45, 7) is 3.43. The average Bonchev–Trinajstić information content (AvgIpc) is 2.83. The number of carbonyl (C=O) groups is 4. The molecule has 34 heavy (non-hydrogen) atoms. The van der Waals surface area contributed by atoms with Gasteiger partial charge in [-0.2, -0.15) is 0 Å². The molecule has 2 N–H and O–H groups in total. The highest BCUT2D eigenvalue weighted by Gasteiger charge is 2.17. The minimum atomic E-state index is -0.708. The van der Waals surface area contributed by atoms with Crippen molar-refractivity contribution in [1.82, 2.24) is 5.32 Å². The van der Waals surface area contributed by atoms with Crippen molar-refractivity contribution in [1.29, 1.82) is 0 Å². The lowest BCUT2D eigenvalue weighted by Crippen LogP contribution is -2.22.